The fraction of sp³-hybridized carbons (Fsp3) is 0.250. The molecule has 0 aromatic heterocycles. The Hall–Kier alpha value is -0.440. The van der Waals surface area contributed by atoms with Crippen LogP contribution in [0.3, 0.4) is 0 Å². The lowest BCUT2D eigenvalue weighted by atomic mass is 10.0. The highest BCUT2D eigenvalue weighted by Gasteiger charge is 2.25. The minimum Gasteiger partial charge on any atom is -0.379 e. The molecule has 0 aliphatic rings. The second-order valence-electron chi connectivity index (χ2n) is 5.90. The number of hydrogen-bond donors (Lipinski definition) is 1. The SMILES string of the molecule is Cc1cc(S(=O)(=O)O)c(C(C)C)cc1OS(=O)(=O)c1ccc(I)cc1I. The molecule has 0 spiro atoms. The van der Waals surface area contributed by atoms with E-state index in [9.17, 15) is 21.4 Å². The van der Waals surface area contributed by atoms with Crippen molar-refractivity contribution in [1.82, 2.24) is 0 Å². The van der Waals surface area contributed by atoms with E-state index in [1.54, 1.807) is 26.0 Å². The topological polar surface area (TPSA) is 97.7 Å². The van der Waals surface area contributed by atoms with Crippen molar-refractivity contribution in [3.63, 3.8) is 0 Å². The Morgan fingerprint density at radius 3 is 2.12 bits per heavy atom. The van der Waals surface area contributed by atoms with Gasteiger partial charge >= 0.3 is 10.1 Å². The summed E-state index contributed by atoms with van der Waals surface area (Å²) in [6.07, 6.45) is 0. The van der Waals surface area contributed by atoms with Crippen LogP contribution in [0.1, 0.15) is 30.9 Å². The molecule has 0 aliphatic carbocycles. The first-order valence-electron chi connectivity index (χ1n) is 7.34. The van der Waals surface area contributed by atoms with Crippen LogP contribution < -0.4 is 4.18 Å². The van der Waals surface area contributed by atoms with E-state index in [2.05, 4.69) is 22.6 Å². The Bertz CT molecular complexity index is 1060. The van der Waals surface area contributed by atoms with Gasteiger partial charge in [0.2, 0.25) is 0 Å². The molecule has 142 valence electrons. The van der Waals surface area contributed by atoms with Crippen molar-refractivity contribution < 1.29 is 25.6 Å². The maximum atomic E-state index is 12.7. The molecule has 2 aromatic carbocycles. The molecular weight excluding hydrogens is 606 g/mol. The van der Waals surface area contributed by atoms with Gasteiger partial charge in [0.05, 0.1) is 4.90 Å². The lowest BCUT2D eigenvalue weighted by molar-refractivity contribution is 0.478. The van der Waals surface area contributed by atoms with Crippen LogP contribution in [0, 0.1) is 14.1 Å². The Kier molecular flexibility index (Phi) is 6.63. The summed E-state index contributed by atoms with van der Waals surface area (Å²) in [6.45, 7) is 4.99. The highest BCUT2D eigenvalue weighted by molar-refractivity contribution is 14.1. The van der Waals surface area contributed by atoms with Crippen molar-refractivity contribution >= 4 is 65.4 Å². The summed E-state index contributed by atoms with van der Waals surface area (Å²) < 4.78 is 64.6. The van der Waals surface area contributed by atoms with Crippen LogP contribution in [0.25, 0.3) is 0 Å². The van der Waals surface area contributed by atoms with E-state index < -0.39 is 20.2 Å². The lowest BCUT2D eigenvalue weighted by Crippen LogP contribution is -2.13. The third-order valence-corrected chi connectivity index (χ3v) is 7.70. The van der Waals surface area contributed by atoms with Gasteiger partial charge in [-0.3, -0.25) is 4.55 Å². The first-order valence-corrected chi connectivity index (χ1v) is 12.3. The number of halogens is 2. The number of hydrogen-bond acceptors (Lipinski definition) is 5. The van der Waals surface area contributed by atoms with Gasteiger partial charge in [-0.1, -0.05) is 13.8 Å². The fourth-order valence-corrected chi connectivity index (χ4v) is 6.65. The zero-order valence-electron chi connectivity index (χ0n) is 14.0. The van der Waals surface area contributed by atoms with Gasteiger partial charge in [0.15, 0.2) is 0 Å². The fourth-order valence-electron chi connectivity index (χ4n) is 2.28. The van der Waals surface area contributed by atoms with Crippen molar-refractivity contribution in [2.75, 3.05) is 0 Å². The third kappa shape index (κ3) is 4.88. The van der Waals surface area contributed by atoms with Crippen LogP contribution in [0.5, 0.6) is 5.75 Å². The molecular formula is C16H16I2O6S2. The molecule has 2 aromatic rings. The van der Waals surface area contributed by atoms with Gasteiger partial charge in [-0.2, -0.15) is 16.8 Å². The normalized spacial score (nSPS) is 12.4. The molecule has 0 heterocycles. The van der Waals surface area contributed by atoms with Gasteiger partial charge in [0.1, 0.15) is 10.6 Å². The summed E-state index contributed by atoms with van der Waals surface area (Å²) in [4.78, 5) is -0.221. The Morgan fingerprint density at radius 1 is 1.00 bits per heavy atom. The minimum absolute atomic E-state index is 0.0236. The van der Waals surface area contributed by atoms with Crippen LogP contribution in [0.4, 0.5) is 0 Å². The zero-order chi connectivity index (χ0) is 19.9. The molecule has 0 radical (unpaired) electrons. The van der Waals surface area contributed by atoms with Crippen molar-refractivity contribution in [1.29, 1.82) is 0 Å². The molecule has 0 unspecified atom stereocenters. The summed E-state index contributed by atoms with van der Waals surface area (Å²) in [5, 5.41) is 0. The van der Waals surface area contributed by atoms with E-state index >= 15 is 0 Å². The van der Waals surface area contributed by atoms with Crippen molar-refractivity contribution in [2.45, 2.75) is 36.5 Å². The molecule has 2 rings (SSSR count). The van der Waals surface area contributed by atoms with E-state index in [0.29, 0.717) is 3.57 Å². The van der Waals surface area contributed by atoms with E-state index in [1.165, 1.54) is 25.1 Å². The van der Waals surface area contributed by atoms with Crippen molar-refractivity contribution in [3.05, 3.63) is 48.6 Å². The van der Waals surface area contributed by atoms with Gasteiger partial charge in [0.25, 0.3) is 10.1 Å². The molecule has 0 atom stereocenters. The first kappa shape index (κ1) is 21.9. The molecule has 0 fully saturated rings. The average molecular weight is 622 g/mol. The van der Waals surface area contributed by atoms with E-state index in [-0.39, 0.29) is 32.6 Å². The lowest BCUT2D eigenvalue weighted by Gasteiger charge is -2.16. The van der Waals surface area contributed by atoms with Crippen LogP contribution >= 0.6 is 45.2 Å². The van der Waals surface area contributed by atoms with E-state index in [1.807, 2.05) is 22.6 Å². The maximum Gasteiger partial charge on any atom is 0.340 e. The number of benzene rings is 2. The highest BCUT2D eigenvalue weighted by Crippen LogP contribution is 2.33. The molecule has 0 saturated carbocycles. The third-order valence-electron chi connectivity index (χ3n) is 3.57. The second kappa shape index (κ2) is 7.89. The molecule has 10 heteroatoms. The molecule has 0 saturated heterocycles. The maximum absolute atomic E-state index is 12.7. The standard InChI is InChI=1S/C16H16I2O6S2/c1-9(2)12-8-14(10(3)6-16(12)25(19,20)21)24-26(22,23)15-5-4-11(17)7-13(15)18/h4-9H,1-3H3,(H,19,20,21). The summed E-state index contributed by atoms with van der Waals surface area (Å²) in [6, 6.07) is 7.40. The van der Waals surface area contributed by atoms with E-state index in [0.717, 1.165) is 3.57 Å². The van der Waals surface area contributed by atoms with Gasteiger partial charge in [-0.15, -0.1) is 0 Å². The van der Waals surface area contributed by atoms with Gasteiger partial charge in [0, 0.05) is 7.14 Å². The van der Waals surface area contributed by atoms with Crippen LogP contribution in [0.2, 0.25) is 0 Å². The summed E-state index contributed by atoms with van der Waals surface area (Å²) in [5.74, 6) is -0.244. The highest BCUT2D eigenvalue weighted by atomic mass is 127. The quantitative estimate of drug-likeness (QED) is 0.303. The van der Waals surface area contributed by atoms with Crippen LogP contribution in [0.15, 0.2) is 40.1 Å². The molecule has 0 bridgehead atoms. The Morgan fingerprint density at radius 2 is 1.62 bits per heavy atom. The van der Waals surface area contributed by atoms with Gasteiger partial charge < -0.3 is 4.18 Å². The van der Waals surface area contributed by atoms with E-state index in [4.69, 9.17) is 4.18 Å². The molecule has 6 nitrogen and oxygen atoms in total. The predicted molar refractivity (Wildman–Crippen MR) is 115 cm³/mol. The molecule has 26 heavy (non-hydrogen) atoms. The first-order chi connectivity index (χ1) is 11.8. The minimum atomic E-state index is -4.43. The predicted octanol–water partition coefficient (Wildman–Crippen LogP) is 4.34. The van der Waals surface area contributed by atoms with Crippen LogP contribution in [-0.2, 0) is 20.2 Å². The van der Waals surface area contributed by atoms with Crippen molar-refractivity contribution in [2.24, 2.45) is 0 Å². The largest absolute Gasteiger partial charge is 0.379 e. The molecule has 0 aliphatic heterocycles. The van der Waals surface area contributed by atoms with Crippen molar-refractivity contribution in [3.8, 4) is 5.75 Å². The summed E-state index contributed by atoms with van der Waals surface area (Å²) in [5.41, 5.74) is 0.562. The number of rotatable bonds is 5. The Labute approximate surface area is 180 Å². The Balaban J connectivity index is 2.57. The smallest absolute Gasteiger partial charge is 0.340 e. The second-order valence-corrected chi connectivity index (χ2v) is 11.2. The summed E-state index contributed by atoms with van der Waals surface area (Å²) in [7, 11) is -8.53. The van der Waals surface area contributed by atoms with Gasteiger partial charge in [-0.05, 0) is 99.5 Å². The van der Waals surface area contributed by atoms with Crippen LogP contribution in [-0.4, -0.2) is 21.4 Å². The van der Waals surface area contributed by atoms with Gasteiger partial charge in [-0.25, -0.2) is 0 Å². The molecule has 1 N–H and O–H groups in total. The summed E-state index contributed by atoms with van der Waals surface area (Å²) >= 11 is 4.00. The number of aryl methyl sites for hydroxylation is 1. The zero-order valence-corrected chi connectivity index (χ0v) is 20.0. The monoisotopic (exact) mass is 622 g/mol. The molecule has 0 amide bonds. The average Bonchev–Trinajstić information content (AvgIpc) is 2.47.